The molecule has 1 aromatic heterocycles. The molecule has 1 aliphatic rings. The van der Waals surface area contributed by atoms with Crippen LogP contribution >= 0.6 is 11.6 Å². The third-order valence-electron chi connectivity index (χ3n) is 5.73. The first-order valence-electron chi connectivity index (χ1n) is 10.6. The number of carbonyl (C=O) groups is 2. The number of aryl methyl sites for hydroxylation is 1. The van der Waals surface area contributed by atoms with E-state index in [2.05, 4.69) is 46.9 Å². The number of nitrogens with zero attached hydrogens (tertiary/aromatic N) is 2. The van der Waals surface area contributed by atoms with Crippen molar-refractivity contribution < 1.29 is 9.59 Å². The molecule has 3 aromatic carbocycles. The fourth-order valence-corrected chi connectivity index (χ4v) is 4.10. The molecule has 0 spiro atoms. The van der Waals surface area contributed by atoms with E-state index in [1.807, 2.05) is 12.1 Å². The number of amides is 2. The molecule has 0 saturated carbocycles. The van der Waals surface area contributed by atoms with E-state index in [-0.39, 0.29) is 0 Å². The summed E-state index contributed by atoms with van der Waals surface area (Å²) >= 11 is 5.83. The van der Waals surface area contributed by atoms with Crippen molar-refractivity contribution in [3.8, 4) is 0 Å². The molecule has 33 heavy (non-hydrogen) atoms. The highest BCUT2D eigenvalue weighted by Crippen LogP contribution is 2.35. The van der Waals surface area contributed by atoms with Crippen molar-refractivity contribution in [2.75, 3.05) is 11.4 Å². The van der Waals surface area contributed by atoms with Gasteiger partial charge in [-0.25, -0.2) is 4.98 Å². The number of anilines is 2. The van der Waals surface area contributed by atoms with E-state index in [1.54, 1.807) is 36.4 Å². The molecule has 0 bridgehead atoms. The lowest BCUT2D eigenvalue weighted by molar-refractivity contribution is 0.0846. The van der Waals surface area contributed by atoms with E-state index in [4.69, 9.17) is 16.6 Å². The zero-order valence-electron chi connectivity index (χ0n) is 17.9. The zero-order chi connectivity index (χ0) is 22.9. The van der Waals surface area contributed by atoms with Gasteiger partial charge >= 0.3 is 0 Å². The van der Waals surface area contributed by atoms with Crippen LogP contribution in [0.3, 0.4) is 0 Å². The highest BCUT2D eigenvalue weighted by atomic mass is 35.5. The van der Waals surface area contributed by atoms with E-state index in [0.29, 0.717) is 16.1 Å². The lowest BCUT2D eigenvalue weighted by Gasteiger charge is -2.19. The highest BCUT2D eigenvalue weighted by Gasteiger charge is 2.23. The number of aromatic nitrogens is 1. The molecule has 7 heteroatoms. The Kier molecular flexibility index (Phi) is 5.44. The number of hydrogen-bond acceptors (Lipinski definition) is 4. The highest BCUT2D eigenvalue weighted by molar-refractivity contribution is 6.30. The van der Waals surface area contributed by atoms with Crippen LogP contribution in [-0.2, 0) is 6.42 Å². The minimum absolute atomic E-state index is 0.398. The van der Waals surface area contributed by atoms with E-state index in [1.165, 1.54) is 11.1 Å². The van der Waals surface area contributed by atoms with Gasteiger partial charge in [-0.3, -0.25) is 20.4 Å². The summed E-state index contributed by atoms with van der Waals surface area (Å²) in [6.07, 6.45) is 0.922. The Balaban J connectivity index is 1.29. The van der Waals surface area contributed by atoms with Crippen LogP contribution in [-0.4, -0.2) is 23.3 Å². The Bertz CT molecular complexity index is 1370. The van der Waals surface area contributed by atoms with Crippen molar-refractivity contribution >= 4 is 45.8 Å². The predicted molar refractivity (Wildman–Crippen MR) is 130 cm³/mol. The van der Waals surface area contributed by atoms with Crippen LogP contribution in [0, 0.1) is 6.92 Å². The number of halogens is 1. The lowest BCUT2D eigenvalue weighted by Crippen LogP contribution is -2.41. The largest absolute Gasteiger partial charge is 0.326 e. The fourth-order valence-electron chi connectivity index (χ4n) is 3.97. The molecular weight excluding hydrogens is 436 g/mol. The SMILES string of the molecule is Cc1ccc2cc3c(nc2c1)N(c1ccc(C(=O)NNC(=O)c2ccc(Cl)cc2)cc1)CC3. The summed E-state index contributed by atoms with van der Waals surface area (Å²) in [5, 5.41) is 1.68. The predicted octanol–water partition coefficient (Wildman–Crippen LogP) is 4.97. The van der Waals surface area contributed by atoms with Gasteiger partial charge in [0.25, 0.3) is 11.8 Å². The Morgan fingerprint density at radius 1 is 0.879 bits per heavy atom. The monoisotopic (exact) mass is 456 g/mol. The molecule has 1 aliphatic heterocycles. The third-order valence-corrected chi connectivity index (χ3v) is 5.98. The van der Waals surface area contributed by atoms with Crippen molar-refractivity contribution in [1.29, 1.82) is 0 Å². The van der Waals surface area contributed by atoms with Gasteiger partial charge in [0.2, 0.25) is 0 Å². The quantitative estimate of drug-likeness (QED) is 0.427. The number of hydrazine groups is 1. The van der Waals surface area contributed by atoms with Crippen LogP contribution in [0.5, 0.6) is 0 Å². The normalized spacial score (nSPS) is 12.5. The first-order chi connectivity index (χ1) is 16.0. The summed E-state index contributed by atoms with van der Waals surface area (Å²) in [6, 6.07) is 22.2. The maximum Gasteiger partial charge on any atom is 0.269 e. The van der Waals surface area contributed by atoms with Gasteiger partial charge < -0.3 is 4.90 Å². The Morgan fingerprint density at radius 3 is 2.18 bits per heavy atom. The lowest BCUT2D eigenvalue weighted by atomic mass is 10.1. The molecular formula is C26H21ClN4O2. The molecule has 0 aliphatic carbocycles. The Morgan fingerprint density at radius 2 is 1.52 bits per heavy atom. The number of pyridine rings is 1. The minimum atomic E-state index is -0.418. The van der Waals surface area contributed by atoms with Gasteiger partial charge in [-0.1, -0.05) is 23.7 Å². The van der Waals surface area contributed by atoms with Crippen molar-refractivity contribution in [2.24, 2.45) is 0 Å². The summed E-state index contributed by atoms with van der Waals surface area (Å²) in [4.78, 5) is 31.7. The number of carbonyl (C=O) groups excluding carboxylic acids is 2. The molecule has 5 rings (SSSR count). The molecule has 6 nitrogen and oxygen atoms in total. The van der Waals surface area contributed by atoms with Gasteiger partial charge in [-0.15, -0.1) is 0 Å². The van der Waals surface area contributed by atoms with Crippen molar-refractivity contribution in [3.05, 3.63) is 100 Å². The van der Waals surface area contributed by atoms with Crippen molar-refractivity contribution in [3.63, 3.8) is 0 Å². The zero-order valence-corrected chi connectivity index (χ0v) is 18.7. The van der Waals surface area contributed by atoms with Crippen LogP contribution in [0.25, 0.3) is 10.9 Å². The van der Waals surface area contributed by atoms with Crippen molar-refractivity contribution in [2.45, 2.75) is 13.3 Å². The minimum Gasteiger partial charge on any atom is -0.326 e. The second-order valence-electron chi connectivity index (χ2n) is 8.03. The first-order valence-corrected chi connectivity index (χ1v) is 11.0. The summed E-state index contributed by atoms with van der Waals surface area (Å²) in [6.45, 7) is 2.90. The van der Waals surface area contributed by atoms with E-state index < -0.39 is 11.8 Å². The average molecular weight is 457 g/mol. The van der Waals surface area contributed by atoms with Gasteiger partial charge in [-0.2, -0.15) is 0 Å². The van der Waals surface area contributed by atoms with Gasteiger partial charge in [0, 0.05) is 33.8 Å². The van der Waals surface area contributed by atoms with Gasteiger partial charge in [-0.05, 0) is 85.1 Å². The summed E-state index contributed by atoms with van der Waals surface area (Å²) in [5.41, 5.74) is 10.1. The van der Waals surface area contributed by atoms with E-state index in [0.717, 1.165) is 35.4 Å². The molecule has 0 unspecified atom stereocenters. The molecule has 2 N–H and O–H groups in total. The molecule has 164 valence electrons. The fraction of sp³-hybridized carbons (Fsp3) is 0.115. The van der Waals surface area contributed by atoms with Crippen LogP contribution < -0.4 is 15.8 Å². The first kappa shape index (κ1) is 21.0. The summed E-state index contributed by atoms with van der Waals surface area (Å²) < 4.78 is 0. The molecule has 4 aromatic rings. The third kappa shape index (κ3) is 4.25. The van der Waals surface area contributed by atoms with Crippen LogP contribution in [0.4, 0.5) is 11.5 Å². The van der Waals surface area contributed by atoms with Gasteiger partial charge in [0.1, 0.15) is 5.82 Å². The summed E-state index contributed by atoms with van der Waals surface area (Å²) in [7, 11) is 0. The number of benzene rings is 3. The smallest absolute Gasteiger partial charge is 0.269 e. The Labute approximate surface area is 196 Å². The molecule has 0 saturated heterocycles. The number of fused-ring (bicyclic) bond motifs is 2. The number of nitrogens with one attached hydrogen (secondary N) is 2. The Hall–Kier alpha value is -3.90. The maximum atomic E-state index is 12.5. The second kappa shape index (κ2) is 8.56. The van der Waals surface area contributed by atoms with E-state index in [9.17, 15) is 9.59 Å². The molecule has 2 amide bonds. The number of hydrogen-bond donors (Lipinski definition) is 2. The molecule has 0 radical (unpaired) electrons. The number of rotatable bonds is 3. The van der Waals surface area contributed by atoms with E-state index >= 15 is 0 Å². The second-order valence-corrected chi connectivity index (χ2v) is 8.47. The van der Waals surface area contributed by atoms with Crippen LogP contribution in [0.2, 0.25) is 5.02 Å². The molecule has 2 heterocycles. The average Bonchev–Trinajstić information content (AvgIpc) is 3.24. The maximum absolute atomic E-state index is 12.5. The topological polar surface area (TPSA) is 74.3 Å². The van der Waals surface area contributed by atoms with Crippen LogP contribution in [0.15, 0.2) is 72.8 Å². The van der Waals surface area contributed by atoms with Crippen molar-refractivity contribution in [1.82, 2.24) is 15.8 Å². The molecule has 0 fully saturated rings. The van der Waals surface area contributed by atoms with Gasteiger partial charge in [0.05, 0.1) is 5.52 Å². The van der Waals surface area contributed by atoms with Gasteiger partial charge in [0.15, 0.2) is 0 Å². The standard InChI is InChI=1S/C26H21ClN4O2/c1-16-2-3-19-15-20-12-13-31(24(20)28-23(19)14-16)22-10-6-18(7-11-22)26(33)30-29-25(32)17-4-8-21(27)9-5-17/h2-11,14-15H,12-13H2,1H3,(H,29,32)(H,30,33). The van der Waals surface area contributed by atoms with Crippen LogP contribution in [0.1, 0.15) is 31.8 Å². The summed E-state index contributed by atoms with van der Waals surface area (Å²) in [5.74, 6) is 0.143. The molecule has 0 atom stereocenters.